The van der Waals surface area contributed by atoms with Crippen LogP contribution < -0.4 is 34.7 Å². The molecule has 0 aromatic heterocycles. The van der Waals surface area contributed by atoms with Gasteiger partial charge >= 0.3 is 29.6 Å². The first-order chi connectivity index (χ1) is 5.20. The standard InChI is InChI=1S/C6H5NO3S.Na/c8-4-1-5-7(4)3(2-11-5)6(9)10;/h2,5H,1H2,(H,9,10);/q;+1/p-1. The van der Waals surface area contributed by atoms with E-state index >= 15 is 0 Å². The molecule has 1 atom stereocenters. The van der Waals surface area contributed by atoms with Gasteiger partial charge in [0.1, 0.15) is 0 Å². The van der Waals surface area contributed by atoms with E-state index in [1.807, 2.05) is 0 Å². The Morgan fingerprint density at radius 1 is 1.75 bits per heavy atom. The van der Waals surface area contributed by atoms with Crippen LogP contribution in [0, 0.1) is 0 Å². The number of carboxylic acids is 1. The third-order valence-corrected chi connectivity index (χ3v) is 2.76. The molecule has 0 N–H and O–H groups in total. The van der Waals surface area contributed by atoms with Crippen LogP contribution in [0.5, 0.6) is 0 Å². The van der Waals surface area contributed by atoms with Crippen molar-refractivity contribution in [2.45, 2.75) is 11.8 Å². The van der Waals surface area contributed by atoms with E-state index in [2.05, 4.69) is 0 Å². The van der Waals surface area contributed by atoms with Crippen molar-refractivity contribution >= 4 is 23.6 Å². The van der Waals surface area contributed by atoms with Crippen molar-refractivity contribution in [2.75, 3.05) is 0 Å². The SMILES string of the molecule is O=C([O-])C1=CSC2CC(=O)N12.[Na+]. The normalized spacial score (nSPS) is 25.3. The molecule has 0 saturated carbocycles. The number of carbonyl (C=O) groups excluding carboxylic acids is 2. The minimum Gasteiger partial charge on any atom is -0.543 e. The van der Waals surface area contributed by atoms with E-state index in [0.29, 0.717) is 6.42 Å². The largest absolute Gasteiger partial charge is 1.00 e. The van der Waals surface area contributed by atoms with Crippen LogP contribution in [-0.4, -0.2) is 22.2 Å². The summed E-state index contributed by atoms with van der Waals surface area (Å²) in [7, 11) is 0. The number of thioether (sulfide) groups is 1. The zero-order valence-corrected chi connectivity index (χ0v) is 9.26. The van der Waals surface area contributed by atoms with Crippen molar-refractivity contribution < 1.29 is 44.3 Å². The number of rotatable bonds is 1. The van der Waals surface area contributed by atoms with Gasteiger partial charge in [-0.2, -0.15) is 0 Å². The van der Waals surface area contributed by atoms with Crippen LogP contribution in [0.3, 0.4) is 0 Å². The molecule has 0 aliphatic carbocycles. The van der Waals surface area contributed by atoms with Crippen LogP contribution >= 0.6 is 11.8 Å². The Labute approximate surface area is 95.3 Å². The van der Waals surface area contributed by atoms with Gasteiger partial charge < -0.3 is 9.90 Å². The van der Waals surface area contributed by atoms with Crippen molar-refractivity contribution in [3.05, 3.63) is 11.1 Å². The maximum atomic E-state index is 10.8. The first kappa shape index (κ1) is 10.1. The number of aliphatic carboxylic acids is 1. The molecule has 1 unspecified atom stereocenters. The van der Waals surface area contributed by atoms with Gasteiger partial charge in [0.15, 0.2) is 0 Å². The summed E-state index contributed by atoms with van der Waals surface area (Å²) in [6, 6.07) is 0. The zero-order chi connectivity index (χ0) is 8.01. The first-order valence-electron chi connectivity index (χ1n) is 3.09. The molecule has 1 saturated heterocycles. The van der Waals surface area contributed by atoms with Gasteiger partial charge in [-0.25, -0.2) is 0 Å². The average Bonchev–Trinajstić information content (AvgIpc) is 2.25. The van der Waals surface area contributed by atoms with Crippen LogP contribution in [0.25, 0.3) is 0 Å². The molecule has 0 bridgehead atoms. The second-order valence-electron chi connectivity index (χ2n) is 2.35. The second kappa shape index (κ2) is 3.41. The number of amides is 1. The van der Waals surface area contributed by atoms with Crippen molar-refractivity contribution in [1.82, 2.24) is 4.90 Å². The smallest absolute Gasteiger partial charge is 0.543 e. The fourth-order valence-corrected chi connectivity index (χ4v) is 2.22. The van der Waals surface area contributed by atoms with Gasteiger partial charge in [0, 0.05) is 0 Å². The molecule has 0 aromatic carbocycles. The Bertz CT molecular complexity index is 278. The maximum Gasteiger partial charge on any atom is 1.00 e. The number of nitrogens with zero attached hydrogens (tertiary/aromatic N) is 1. The summed E-state index contributed by atoms with van der Waals surface area (Å²) in [4.78, 5) is 22.4. The summed E-state index contributed by atoms with van der Waals surface area (Å²) >= 11 is 1.35. The van der Waals surface area contributed by atoms with Crippen molar-refractivity contribution in [1.29, 1.82) is 0 Å². The quantitative estimate of drug-likeness (QED) is 0.313. The molecule has 2 aliphatic heterocycles. The van der Waals surface area contributed by atoms with Crippen molar-refractivity contribution in [3.8, 4) is 0 Å². The molecule has 0 radical (unpaired) electrons. The number of β-lactam (4-membered cyclic amide) rings is 1. The predicted octanol–water partition coefficient (Wildman–Crippen LogP) is -4.11. The molecule has 2 rings (SSSR count). The van der Waals surface area contributed by atoms with Gasteiger partial charge in [0.2, 0.25) is 5.91 Å². The van der Waals surface area contributed by atoms with E-state index in [1.165, 1.54) is 22.1 Å². The Kier molecular flexibility index (Phi) is 2.88. The van der Waals surface area contributed by atoms with Gasteiger partial charge in [-0.15, -0.1) is 11.8 Å². The number of hydrogen-bond donors (Lipinski definition) is 0. The van der Waals surface area contributed by atoms with Crippen LogP contribution in [0.15, 0.2) is 11.1 Å². The first-order valence-corrected chi connectivity index (χ1v) is 4.03. The minimum absolute atomic E-state index is 0. The Hall–Kier alpha value is 0.0300. The molecule has 0 aromatic rings. The van der Waals surface area contributed by atoms with Gasteiger partial charge in [0.25, 0.3) is 0 Å². The Balaban J connectivity index is 0.000000720. The second-order valence-corrected chi connectivity index (χ2v) is 3.40. The summed E-state index contributed by atoms with van der Waals surface area (Å²) in [5, 5.41) is 11.8. The van der Waals surface area contributed by atoms with Crippen LogP contribution in [-0.2, 0) is 9.59 Å². The molecule has 2 aliphatic rings. The monoisotopic (exact) mass is 193 g/mol. The summed E-state index contributed by atoms with van der Waals surface area (Å²) in [5.41, 5.74) is 0.0104. The molecule has 4 nitrogen and oxygen atoms in total. The number of fused-ring (bicyclic) bond motifs is 1. The fourth-order valence-electron chi connectivity index (χ4n) is 1.13. The van der Waals surface area contributed by atoms with E-state index in [-0.39, 0.29) is 46.5 Å². The van der Waals surface area contributed by atoms with Gasteiger partial charge in [-0.1, -0.05) is 0 Å². The molecular formula is C6H4NNaO3S. The predicted molar refractivity (Wildman–Crippen MR) is 35.9 cm³/mol. The van der Waals surface area contributed by atoms with Crippen LogP contribution in [0.4, 0.5) is 0 Å². The van der Waals surface area contributed by atoms with Crippen LogP contribution in [0.1, 0.15) is 6.42 Å². The molecule has 0 spiro atoms. The van der Waals surface area contributed by atoms with Gasteiger partial charge in [-0.3, -0.25) is 9.69 Å². The topological polar surface area (TPSA) is 60.4 Å². The Morgan fingerprint density at radius 2 is 2.42 bits per heavy atom. The Morgan fingerprint density at radius 3 is 2.83 bits per heavy atom. The molecule has 2 heterocycles. The molecule has 12 heavy (non-hydrogen) atoms. The molecular weight excluding hydrogens is 189 g/mol. The van der Waals surface area contributed by atoms with E-state index in [4.69, 9.17) is 0 Å². The summed E-state index contributed by atoms with van der Waals surface area (Å²) in [6.45, 7) is 0. The van der Waals surface area contributed by atoms with E-state index in [1.54, 1.807) is 0 Å². The number of hydrogen-bond acceptors (Lipinski definition) is 4. The number of carboxylic acid groups (broad SMARTS) is 1. The summed E-state index contributed by atoms with van der Waals surface area (Å²) in [6.07, 6.45) is 0.442. The van der Waals surface area contributed by atoms with Gasteiger partial charge in [-0.05, 0) is 5.41 Å². The van der Waals surface area contributed by atoms with E-state index < -0.39 is 5.97 Å². The van der Waals surface area contributed by atoms with Crippen molar-refractivity contribution in [3.63, 3.8) is 0 Å². The average molecular weight is 193 g/mol. The third kappa shape index (κ3) is 1.31. The molecule has 58 valence electrons. The van der Waals surface area contributed by atoms with Gasteiger partial charge in [0.05, 0.1) is 23.5 Å². The van der Waals surface area contributed by atoms with Crippen LogP contribution in [0.2, 0.25) is 0 Å². The van der Waals surface area contributed by atoms with E-state index in [0.717, 1.165) is 0 Å². The van der Waals surface area contributed by atoms with Crippen molar-refractivity contribution in [2.24, 2.45) is 0 Å². The zero-order valence-electron chi connectivity index (χ0n) is 6.44. The fraction of sp³-hybridized carbons (Fsp3) is 0.333. The summed E-state index contributed by atoms with van der Waals surface area (Å²) in [5.74, 6) is -1.40. The van der Waals surface area contributed by atoms with E-state index in [9.17, 15) is 14.7 Å². The minimum atomic E-state index is -1.27. The maximum absolute atomic E-state index is 10.8. The molecule has 6 heteroatoms. The summed E-state index contributed by atoms with van der Waals surface area (Å²) < 4.78 is 0. The molecule has 1 amide bonds. The number of carbonyl (C=O) groups is 2. The molecule has 1 fully saturated rings. The third-order valence-electron chi connectivity index (χ3n) is 1.71.